The van der Waals surface area contributed by atoms with Gasteiger partial charge in [-0.25, -0.2) is 0 Å². The van der Waals surface area contributed by atoms with E-state index in [1.807, 2.05) is 0 Å². The predicted molar refractivity (Wildman–Crippen MR) is 74.5 cm³/mol. The van der Waals surface area contributed by atoms with Gasteiger partial charge in [0, 0.05) is 30.3 Å². The Hall–Kier alpha value is -2.65. The Labute approximate surface area is 133 Å². The second-order valence-corrected chi connectivity index (χ2v) is 5.62. The van der Waals surface area contributed by atoms with Crippen molar-refractivity contribution in [2.75, 3.05) is 13.1 Å². The number of hydrogen-bond donors (Lipinski definition) is 1. The molecule has 1 unspecified atom stereocenters. The first-order valence-electron chi connectivity index (χ1n) is 6.84. The van der Waals surface area contributed by atoms with Gasteiger partial charge in [-0.15, -0.1) is 0 Å². The smallest absolute Gasteiger partial charge is 0.406 e. The van der Waals surface area contributed by atoms with Crippen LogP contribution >= 0.6 is 0 Å². The number of nitro benzene ring substituents is 1. The number of hydrogen-bond acceptors (Lipinski definition) is 4. The molecule has 2 rings (SSSR count). The largest absolute Gasteiger partial charge is 0.481 e. The Morgan fingerprint density at radius 1 is 1.38 bits per heavy atom. The quantitative estimate of drug-likeness (QED) is 0.669. The molecular weight excluding hydrogens is 333 g/mol. The van der Waals surface area contributed by atoms with Crippen molar-refractivity contribution < 1.29 is 32.8 Å². The summed E-state index contributed by atoms with van der Waals surface area (Å²) in [6.45, 7) is 0.0417. The van der Waals surface area contributed by atoms with E-state index in [9.17, 15) is 32.9 Å². The van der Waals surface area contributed by atoms with Gasteiger partial charge in [0.1, 0.15) is 0 Å². The van der Waals surface area contributed by atoms with Gasteiger partial charge in [-0.05, 0) is 19.4 Å². The van der Waals surface area contributed by atoms with Gasteiger partial charge in [-0.1, -0.05) is 6.07 Å². The maximum absolute atomic E-state index is 13.1. The molecule has 7 nitrogen and oxygen atoms in total. The first-order chi connectivity index (χ1) is 11.0. The molecule has 0 saturated carbocycles. The zero-order chi connectivity index (χ0) is 18.3. The van der Waals surface area contributed by atoms with Gasteiger partial charge in [0.05, 0.1) is 4.92 Å². The molecule has 0 radical (unpaired) electrons. The summed E-state index contributed by atoms with van der Waals surface area (Å²) in [6, 6.07) is 3.56. The fourth-order valence-electron chi connectivity index (χ4n) is 2.63. The van der Waals surface area contributed by atoms with Crippen molar-refractivity contribution in [3.8, 4) is 0 Å². The molecule has 1 N–H and O–H groups in total. The zero-order valence-corrected chi connectivity index (χ0v) is 12.5. The number of carbonyl (C=O) groups excluding carboxylic acids is 1. The highest BCUT2D eigenvalue weighted by Crippen LogP contribution is 2.46. The number of aryl methyl sites for hydroxylation is 1. The maximum Gasteiger partial charge on any atom is 0.406 e. The summed E-state index contributed by atoms with van der Waals surface area (Å²) in [5.74, 6) is -2.91. The molecule has 1 fully saturated rings. The number of amides is 1. The molecule has 10 heteroatoms. The number of likely N-dealkylation sites (tertiary alicyclic amines) is 1. The van der Waals surface area contributed by atoms with Gasteiger partial charge in [0.25, 0.3) is 11.6 Å². The first kappa shape index (κ1) is 17.7. The van der Waals surface area contributed by atoms with E-state index in [-0.39, 0.29) is 11.3 Å². The van der Waals surface area contributed by atoms with Crippen LogP contribution < -0.4 is 0 Å². The summed E-state index contributed by atoms with van der Waals surface area (Å²) in [6.07, 6.45) is -5.77. The van der Waals surface area contributed by atoms with E-state index in [0.29, 0.717) is 5.56 Å². The number of halogens is 3. The van der Waals surface area contributed by atoms with E-state index in [2.05, 4.69) is 0 Å². The molecule has 0 aliphatic carbocycles. The van der Waals surface area contributed by atoms with Crippen molar-refractivity contribution in [3.63, 3.8) is 0 Å². The highest BCUT2D eigenvalue weighted by Gasteiger charge is 2.64. The lowest BCUT2D eigenvalue weighted by molar-refractivity contribution is -0.385. The summed E-state index contributed by atoms with van der Waals surface area (Å²) >= 11 is 0. The SMILES string of the molecule is Cc1ccc(C(=O)N2CCC(C(=O)O)(C(F)(F)F)C2)cc1[N+](=O)[O-]. The lowest BCUT2D eigenvalue weighted by Crippen LogP contribution is -2.47. The normalized spacial score (nSPS) is 20.9. The monoisotopic (exact) mass is 346 g/mol. The van der Waals surface area contributed by atoms with Crippen LogP contribution in [-0.2, 0) is 4.79 Å². The number of carbonyl (C=O) groups is 2. The van der Waals surface area contributed by atoms with Crippen LogP contribution in [0.3, 0.4) is 0 Å². The van der Waals surface area contributed by atoms with Crippen molar-refractivity contribution in [2.24, 2.45) is 5.41 Å². The maximum atomic E-state index is 13.1. The van der Waals surface area contributed by atoms with E-state index >= 15 is 0 Å². The third-order valence-corrected chi connectivity index (χ3v) is 4.16. The number of nitrogens with zero attached hydrogens (tertiary/aromatic N) is 2. The standard InChI is InChI=1S/C14H13F3N2O5/c1-8-2-3-9(6-10(8)19(23)24)11(20)18-5-4-13(7-18,12(21)22)14(15,16)17/h2-3,6H,4-5,7H2,1H3,(H,21,22). The Morgan fingerprint density at radius 3 is 2.46 bits per heavy atom. The fourth-order valence-corrected chi connectivity index (χ4v) is 2.63. The van der Waals surface area contributed by atoms with Gasteiger partial charge in [-0.2, -0.15) is 13.2 Å². The third kappa shape index (κ3) is 2.79. The molecule has 0 bridgehead atoms. The van der Waals surface area contributed by atoms with Crippen molar-refractivity contribution in [2.45, 2.75) is 19.5 Å². The summed E-state index contributed by atoms with van der Waals surface area (Å²) < 4.78 is 39.4. The van der Waals surface area contributed by atoms with Gasteiger partial charge in [0.2, 0.25) is 0 Å². The molecule has 1 aliphatic rings. The number of rotatable bonds is 3. The average molecular weight is 346 g/mol. The molecule has 1 aliphatic heterocycles. The number of carboxylic acids is 1. The highest BCUT2D eigenvalue weighted by atomic mass is 19.4. The summed E-state index contributed by atoms with van der Waals surface area (Å²) in [7, 11) is 0. The molecule has 1 aromatic rings. The lowest BCUT2D eigenvalue weighted by atomic mass is 9.86. The van der Waals surface area contributed by atoms with Gasteiger partial charge < -0.3 is 10.0 Å². The number of aliphatic carboxylic acids is 1. The minimum absolute atomic E-state index is 0.157. The molecule has 1 heterocycles. The van der Waals surface area contributed by atoms with E-state index < -0.39 is 47.9 Å². The lowest BCUT2D eigenvalue weighted by Gasteiger charge is -2.27. The van der Waals surface area contributed by atoms with Crippen LogP contribution in [-0.4, -0.2) is 46.1 Å². The highest BCUT2D eigenvalue weighted by molar-refractivity contribution is 5.96. The van der Waals surface area contributed by atoms with Crippen molar-refractivity contribution in [1.29, 1.82) is 0 Å². The van der Waals surface area contributed by atoms with E-state index in [1.165, 1.54) is 19.1 Å². The Kier molecular flexibility index (Phi) is 4.25. The van der Waals surface area contributed by atoms with Crippen LogP contribution in [0.5, 0.6) is 0 Å². The van der Waals surface area contributed by atoms with E-state index in [1.54, 1.807) is 0 Å². The molecule has 130 valence electrons. The first-order valence-corrected chi connectivity index (χ1v) is 6.84. The summed E-state index contributed by atoms with van der Waals surface area (Å²) in [4.78, 5) is 34.4. The second kappa shape index (κ2) is 5.77. The molecule has 0 spiro atoms. The summed E-state index contributed by atoms with van der Waals surface area (Å²) in [5, 5.41) is 19.9. The Morgan fingerprint density at radius 2 is 2.00 bits per heavy atom. The molecule has 1 atom stereocenters. The summed E-state index contributed by atoms with van der Waals surface area (Å²) in [5.41, 5.74) is -3.21. The average Bonchev–Trinajstić information content (AvgIpc) is 2.93. The third-order valence-electron chi connectivity index (χ3n) is 4.16. The van der Waals surface area contributed by atoms with Crippen LogP contribution in [0.4, 0.5) is 18.9 Å². The molecular formula is C14H13F3N2O5. The fraction of sp³-hybridized carbons (Fsp3) is 0.429. The van der Waals surface area contributed by atoms with E-state index in [0.717, 1.165) is 11.0 Å². The molecule has 1 aromatic carbocycles. The van der Waals surface area contributed by atoms with Gasteiger partial charge in [0.15, 0.2) is 5.41 Å². The van der Waals surface area contributed by atoms with Crippen LogP contribution in [0.15, 0.2) is 18.2 Å². The number of nitro groups is 1. The molecule has 24 heavy (non-hydrogen) atoms. The Bertz CT molecular complexity index is 719. The van der Waals surface area contributed by atoms with Gasteiger partial charge >= 0.3 is 12.1 Å². The minimum Gasteiger partial charge on any atom is -0.481 e. The Balaban J connectivity index is 2.31. The molecule has 1 saturated heterocycles. The van der Waals surface area contributed by atoms with Crippen LogP contribution in [0.25, 0.3) is 0 Å². The van der Waals surface area contributed by atoms with Crippen LogP contribution in [0.2, 0.25) is 0 Å². The van der Waals surface area contributed by atoms with Crippen molar-refractivity contribution >= 4 is 17.6 Å². The minimum atomic E-state index is -5.01. The van der Waals surface area contributed by atoms with E-state index in [4.69, 9.17) is 5.11 Å². The molecule has 1 amide bonds. The zero-order valence-electron chi connectivity index (χ0n) is 12.5. The topological polar surface area (TPSA) is 101 Å². The predicted octanol–water partition coefficient (Wildman–Crippen LogP) is 2.38. The van der Waals surface area contributed by atoms with Crippen LogP contribution in [0.1, 0.15) is 22.3 Å². The second-order valence-electron chi connectivity index (χ2n) is 5.62. The van der Waals surface area contributed by atoms with Crippen molar-refractivity contribution in [1.82, 2.24) is 4.90 Å². The van der Waals surface area contributed by atoms with Crippen molar-refractivity contribution in [3.05, 3.63) is 39.4 Å². The van der Waals surface area contributed by atoms with Gasteiger partial charge in [-0.3, -0.25) is 19.7 Å². The number of carboxylic acid groups (broad SMARTS) is 1. The number of benzene rings is 1. The van der Waals surface area contributed by atoms with Crippen LogP contribution in [0, 0.1) is 22.5 Å². The molecule has 0 aromatic heterocycles. The number of alkyl halides is 3.